The lowest BCUT2D eigenvalue weighted by atomic mass is 10.2. The Labute approximate surface area is 110 Å². The highest BCUT2D eigenvalue weighted by atomic mass is 35.5. The van der Waals surface area contributed by atoms with Gasteiger partial charge in [-0.25, -0.2) is 4.39 Å². The summed E-state index contributed by atoms with van der Waals surface area (Å²) >= 11 is 5.71. The summed E-state index contributed by atoms with van der Waals surface area (Å²) in [6.07, 6.45) is 1.68. The van der Waals surface area contributed by atoms with Gasteiger partial charge in [0.2, 0.25) is 0 Å². The molecule has 18 heavy (non-hydrogen) atoms. The fraction of sp³-hybridized carbons (Fsp3) is 0.333. The number of rotatable bonds is 5. The highest BCUT2D eigenvalue weighted by Crippen LogP contribution is 2.17. The maximum atomic E-state index is 13.6. The Morgan fingerprint density at radius 2 is 2.22 bits per heavy atom. The molecule has 0 amide bonds. The van der Waals surface area contributed by atoms with Gasteiger partial charge in [-0.1, -0.05) is 23.7 Å². The SMILES string of the molecule is CCn1cnnc1CNCc1cccc(Cl)c1F. The highest BCUT2D eigenvalue weighted by molar-refractivity contribution is 6.30. The van der Waals surface area contributed by atoms with Crippen LogP contribution in [0, 0.1) is 5.82 Å². The molecule has 0 saturated carbocycles. The molecule has 0 atom stereocenters. The molecule has 1 aromatic carbocycles. The van der Waals surface area contributed by atoms with Crippen LogP contribution in [-0.2, 0) is 19.6 Å². The normalized spacial score (nSPS) is 10.8. The van der Waals surface area contributed by atoms with E-state index in [9.17, 15) is 4.39 Å². The van der Waals surface area contributed by atoms with Crippen molar-refractivity contribution in [3.8, 4) is 0 Å². The summed E-state index contributed by atoms with van der Waals surface area (Å²) in [5.41, 5.74) is 0.546. The maximum absolute atomic E-state index is 13.6. The smallest absolute Gasteiger partial charge is 0.146 e. The van der Waals surface area contributed by atoms with E-state index in [1.807, 2.05) is 11.5 Å². The summed E-state index contributed by atoms with van der Waals surface area (Å²) in [6.45, 7) is 3.78. The van der Waals surface area contributed by atoms with E-state index in [4.69, 9.17) is 11.6 Å². The molecular weight excluding hydrogens is 255 g/mol. The van der Waals surface area contributed by atoms with Crippen molar-refractivity contribution in [2.75, 3.05) is 0 Å². The summed E-state index contributed by atoms with van der Waals surface area (Å²) < 4.78 is 15.5. The van der Waals surface area contributed by atoms with Crippen molar-refractivity contribution in [1.82, 2.24) is 20.1 Å². The Hall–Kier alpha value is -1.46. The van der Waals surface area contributed by atoms with E-state index in [0.717, 1.165) is 12.4 Å². The van der Waals surface area contributed by atoms with Gasteiger partial charge < -0.3 is 9.88 Å². The standard InChI is InChI=1S/C12H14ClFN4/c1-2-18-8-16-17-11(18)7-15-6-9-4-3-5-10(13)12(9)14/h3-5,8,15H,2,6-7H2,1H3. The minimum Gasteiger partial charge on any atom is -0.317 e. The molecule has 2 rings (SSSR count). The Morgan fingerprint density at radius 1 is 1.39 bits per heavy atom. The van der Waals surface area contributed by atoms with Crippen molar-refractivity contribution in [3.63, 3.8) is 0 Å². The molecule has 6 heteroatoms. The second kappa shape index (κ2) is 5.93. The van der Waals surface area contributed by atoms with Crippen LogP contribution in [0.25, 0.3) is 0 Å². The zero-order valence-electron chi connectivity index (χ0n) is 10.0. The fourth-order valence-electron chi connectivity index (χ4n) is 1.67. The quantitative estimate of drug-likeness (QED) is 0.905. The average molecular weight is 269 g/mol. The number of hydrogen-bond donors (Lipinski definition) is 1. The van der Waals surface area contributed by atoms with Gasteiger partial charge in [0.05, 0.1) is 11.6 Å². The first-order valence-corrected chi connectivity index (χ1v) is 6.10. The van der Waals surface area contributed by atoms with E-state index in [2.05, 4.69) is 15.5 Å². The van der Waals surface area contributed by atoms with E-state index in [0.29, 0.717) is 18.7 Å². The van der Waals surface area contributed by atoms with E-state index in [-0.39, 0.29) is 10.8 Å². The van der Waals surface area contributed by atoms with Crippen molar-refractivity contribution in [1.29, 1.82) is 0 Å². The predicted molar refractivity (Wildman–Crippen MR) is 67.6 cm³/mol. The molecule has 0 aliphatic rings. The molecule has 0 unspecified atom stereocenters. The molecule has 1 aromatic heterocycles. The number of aryl methyl sites for hydroxylation is 1. The Morgan fingerprint density at radius 3 is 3.00 bits per heavy atom. The van der Waals surface area contributed by atoms with E-state index >= 15 is 0 Å². The Balaban J connectivity index is 1.94. The summed E-state index contributed by atoms with van der Waals surface area (Å²) in [6, 6.07) is 4.98. The molecule has 1 N–H and O–H groups in total. The average Bonchev–Trinajstić information content (AvgIpc) is 2.82. The lowest BCUT2D eigenvalue weighted by Gasteiger charge is -2.07. The first-order chi connectivity index (χ1) is 8.72. The van der Waals surface area contributed by atoms with Crippen LogP contribution in [0.4, 0.5) is 4.39 Å². The second-order valence-corrected chi connectivity index (χ2v) is 4.26. The summed E-state index contributed by atoms with van der Waals surface area (Å²) in [5.74, 6) is 0.462. The first-order valence-electron chi connectivity index (χ1n) is 5.72. The third-order valence-electron chi connectivity index (χ3n) is 2.67. The third-order valence-corrected chi connectivity index (χ3v) is 2.96. The van der Waals surface area contributed by atoms with Gasteiger partial charge in [0, 0.05) is 18.7 Å². The van der Waals surface area contributed by atoms with Crippen molar-refractivity contribution < 1.29 is 4.39 Å². The molecule has 0 saturated heterocycles. The molecule has 96 valence electrons. The van der Waals surface area contributed by atoms with Crippen LogP contribution in [-0.4, -0.2) is 14.8 Å². The number of nitrogens with zero attached hydrogens (tertiary/aromatic N) is 3. The van der Waals surface area contributed by atoms with E-state index in [1.54, 1.807) is 18.5 Å². The van der Waals surface area contributed by atoms with Gasteiger partial charge in [0.1, 0.15) is 18.0 Å². The van der Waals surface area contributed by atoms with Crippen molar-refractivity contribution >= 4 is 11.6 Å². The summed E-state index contributed by atoms with van der Waals surface area (Å²) in [7, 11) is 0. The van der Waals surface area contributed by atoms with Gasteiger partial charge in [-0.2, -0.15) is 0 Å². The van der Waals surface area contributed by atoms with Gasteiger partial charge >= 0.3 is 0 Å². The van der Waals surface area contributed by atoms with Crippen LogP contribution >= 0.6 is 11.6 Å². The van der Waals surface area contributed by atoms with Crippen molar-refractivity contribution in [2.45, 2.75) is 26.6 Å². The molecule has 0 aliphatic carbocycles. The lowest BCUT2D eigenvalue weighted by molar-refractivity contribution is 0.572. The number of aromatic nitrogens is 3. The molecule has 0 aliphatic heterocycles. The van der Waals surface area contributed by atoms with Crippen LogP contribution in [0.1, 0.15) is 18.3 Å². The number of halogens is 2. The fourth-order valence-corrected chi connectivity index (χ4v) is 1.87. The second-order valence-electron chi connectivity index (χ2n) is 3.85. The molecular formula is C12H14ClFN4. The number of benzene rings is 1. The Kier molecular flexibility index (Phi) is 4.28. The highest BCUT2D eigenvalue weighted by Gasteiger charge is 2.06. The van der Waals surface area contributed by atoms with E-state index in [1.165, 1.54) is 6.07 Å². The zero-order valence-corrected chi connectivity index (χ0v) is 10.8. The lowest BCUT2D eigenvalue weighted by Crippen LogP contribution is -2.17. The van der Waals surface area contributed by atoms with Gasteiger partial charge in [0.25, 0.3) is 0 Å². The molecule has 0 radical (unpaired) electrons. The number of hydrogen-bond acceptors (Lipinski definition) is 3. The van der Waals surface area contributed by atoms with Gasteiger partial charge in [0.15, 0.2) is 0 Å². The van der Waals surface area contributed by atoms with Crippen LogP contribution < -0.4 is 5.32 Å². The molecule has 0 bridgehead atoms. The minimum absolute atomic E-state index is 0.144. The minimum atomic E-state index is -0.372. The van der Waals surface area contributed by atoms with Gasteiger partial charge in [-0.15, -0.1) is 10.2 Å². The predicted octanol–water partition coefficient (Wildman–Crippen LogP) is 2.38. The first kappa shape index (κ1) is 13.0. The van der Waals surface area contributed by atoms with Crippen LogP contribution in [0.2, 0.25) is 5.02 Å². The molecule has 1 heterocycles. The molecule has 2 aromatic rings. The van der Waals surface area contributed by atoms with Crippen LogP contribution in [0.3, 0.4) is 0 Å². The van der Waals surface area contributed by atoms with Gasteiger partial charge in [-0.05, 0) is 13.0 Å². The summed E-state index contributed by atoms with van der Waals surface area (Å²) in [4.78, 5) is 0. The topological polar surface area (TPSA) is 42.7 Å². The summed E-state index contributed by atoms with van der Waals surface area (Å²) in [5, 5.41) is 11.1. The molecule has 0 fully saturated rings. The monoisotopic (exact) mass is 268 g/mol. The van der Waals surface area contributed by atoms with Crippen LogP contribution in [0.5, 0.6) is 0 Å². The largest absolute Gasteiger partial charge is 0.317 e. The van der Waals surface area contributed by atoms with Crippen LogP contribution in [0.15, 0.2) is 24.5 Å². The maximum Gasteiger partial charge on any atom is 0.146 e. The van der Waals surface area contributed by atoms with Crippen molar-refractivity contribution in [2.24, 2.45) is 0 Å². The Bertz CT molecular complexity index is 527. The molecule has 4 nitrogen and oxygen atoms in total. The third kappa shape index (κ3) is 2.86. The van der Waals surface area contributed by atoms with Crippen molar-refractivity contribution in [3.05, 3.63) is 46.8 Å². The zero-order chi connectivity index (χ0) is 13.0. The number of nitrogens with one attached hydrogen (secondary N) is 1. The molecule has 0 spiro atoms. The van der Waals surface area contributed by atoms with E-state index < -0.39 is 0 Å². The van der Waals surface area contributed by atoms with Gasteiger partial charge in [-0.3, -0.25) is 0 Å².